The van der Waals surface area contributed by atoms with Gasteiger partial charge in [0, 0.05) is 38.8 Å². The second kappa shape index (κ2) is 7.92. The fraction of sp³-hybridized carbons (Fsp3) is 0.389. The standard InChI is InChI=1S/C18H21N5O2/c1-14-10-17(21-25-14)20-18(24)13-23-8-6-22(7-9-23)12-16-4-2-15(11-19)3-5-16/h2-5,10H,6-9,12-13H2,1H3,(H,20,21,24). The first kappa shape index (κ1) is 17.1. The third kappa shape index (κ3) is 4.89. The van der Waals surface area contributed by atoms with Gasteiger partial charge in [0.1, 0.15) is 5.76 Å². The summed E-state index contributed by atoms with van der Waals surface area (Å²) in [6.45, 7) is 6.53. The molecule has 7 heteroatoms. The molecule has 25 heavy (non-hydrogen) atoms. The highest BCUT2D eigenvalue weighted by Crippen LogP contribution is 2.11. The molecule has 1 aromatic heterocycles. The number of benzene rings is 1. The van der Waals surface area contributed by atoms with Crippen molar-refractivity contribution in [1.82, 2.24) is 15.0 Å². The van der Waals surface area contributed by atoms with E-state index in [0.29, 0.717) is 23.7 Å². The largest absolute Gasteiger partial charge is 0.360 e. The van der Waals surface area contributed by atoms with Gasteiger partial charge in [-0.3, -0.25) is 14.6 Å². The molecule has 1 aliphatic rings. The molecule has 7 nitrogen and oxygen atoms in total. The molecular weight excluding hydrogens is 318 g/mol. The fourth-order valence-corrected chi connectivity index (χ4v) is 2.86. The molecule has 0 bridgehead atoms. The first-order valence-electron chi connectivity index (χ1n) is 8.29. The zero-order valence-corrected chi connectivity index (χ0v) is 14.2. The Morgan fingerprint density at radius 2 is 1.92 bits per heavy atom. The number of amides is 1. The number of nitriles is 1. The van der Waals surface area contributed by atoms with Crippen molar-refractivity contribution in [2.24, 2.45) is 0 Å². The average molecular weight is 339 g/mol. The summed E-state index contributed by atoms with van der Waals surface area (Å²) < 4.78 is 4.94. The van der Waals surface area contributed by atoms with Crippen LogP contribution in [-0.4, -0.2) is 53.6 Å². The Bertz CT molecular complexity index is 755. The topological polar surface area (TPSA) is 85.4 Å². The van der Waals surface area contributed by atoms with Crippen LogP contribution in [0.4, 0.5) is 5.82 Å². The second-order valence-corrected chi connectivity index (χ2v) is 6.23. The van der Waals surface area contributed by atoms with Gasteiger partial charge < -0.3 is 9.84 Å². The molecule has 0 unspecified atom stereocenters. The van der Waals surface area contributed by atoms with Crippen LogP contribution in [0, 0.1) is 18.3 Å². The van der Waals surface area contributed by atoms with Gasteiger partial charge >= 0.3 is 0 Å². The molecular formula is C18H21N5O2. The Morgan fingerprint density at radius 1 is 1.24 bits per heavy atom. The number of hydrogen-bond acceptors (Lipinski definition) is 6. The molecule has 1 N–H and O–H groups in total. The lowest BCUT2D eigenvalue weighted by atomic mass is 10.1. The van der Waals surface area contributed by atoms with Crippen LogP contribution in [0.15, 0.2) is 34.9 Å². The van der Waals surface area contributed by atoms with Crippen molar-refractivity contribution < 1.29 is 9.32 Å². The van der Waals surface area contributed by atoms with Crippen LogP contribution in [0.2, 0.25) is 0 Å². The molecule has 1 aliphatic heterocycles. The molecule has 130 valence electrons. The number of carbonyl (C=O) groups excluding carboxylic acids is 1. The van der Waals surface area contributed by atoms with Crippen LogP contribution in [0.5, 0.6) is 0 Å². The van der Waals surface area contributed by atoms with E-state index in [1.165, 1.54) is 5.56 Å². The Kier molecular flexibility index (Phi) is 5.43. The minimum Gasteiger partial charge on any atom is -0.360 e. The maximum Gasteiger partial charge on any atom is 0.239 e. The predicted octanol–water partition coefficient (Wildman–Crippen LogP) is 1.61. The number of piperazine rings is 1. The van der Waals surface area contributed by atoms with Crippen molar-refractivity contribution in [2.75, 3.05) is 38.0 Å². The monoisotopic (exact) mass is 339 g/mol. The Balaban J connectivity index is 1.42. The molecule has 0 radical (unpaired) electrons. The fourth-order valence-electron chi connectivity index (χ4n) is 2.86. The number of rotatable bonds is 5. The highest BCUT2D eigenvalue weighted by atomic mass is 16.5. The first-order chi connectivity index (χ1) is 12.1. The van der Waals surface area contributed by atoms with Crippen molar-refractivity contribution in [3.05, 3.63) is 47.2 Å². The molecule has 1 aromatic carbocycles. The lowest BCUT2D eigenvalue weighted by Crippen LogP contribution is -2.48. The second-order valence-electron chi connectivity index (χ2n) is 6.23. The third-order valence-corrected chi connectivity index (χ3v) is 4.22. The molecule has 2 aromatic rings. The van der Waals surface area contributed by atoms with Crippen LogP contribution >= 0.6 is 0 Å². The number of aromatic nitrogens is 1. The van der Waals surface area contributed by atoms with Gasteiger partial charge in [-0.15, -0.1) is 0 Å². The molecule has 0 aliphatic carbocycles. The Morgan fingerprint density at radius 3 is 2.52 bits per heavy atom. The van der Waals surface area contributed by atoms with E-state index in [9.17, 15) is 4.79 Å². The molecule has 0 spiro atoms. The summed E-state index contributed by atoms with van der Waals surface area (Å²) in [6, 6.07) is 11.5. The van der Waals surface area contributed by atoms with Gasteiger partial charge in [0.15, 0.2) is 5.82 Å². The van der Waals surface area contributed by atoms with Crippen molar-refractivity contribution in [1.29, 1.82) is 5.26 Å². The highest BCUT2D eigenvalue weighted by molar-refractivity contribution is 5.91. The number of hydrogen-bond donors (Lipinski definition) is 1. The summed E-state index contributed by atoms with van der Waals surface area (Å²) in [5.74, 6) is 1.06. The van der Waals surface area contributed by atoms with Crippen LogP contribution in [0.25, 0.3) is 0 Å². The predicted molar refractivity (Wildman–Crippen MR) is 92.7 cm³/mol. The quantitative estimate of drug-likeness (QED) is 0.891. The van der Waals surface area contributed by atoms with Gasteiger partial charge in [0.05, 0.1) is 18.2 Å². The number of aryl methyl sites for hydroxylation is 1. The average Bonchev–Trinajstić information content (AvgIpc) is 3.02. The lowest BCUT2D eigenvalue weighted by molar-refractivity contribution is -0.117. The molecule has 1 saturated heterocycles. The summed E-state index contributed by atoms with van der Waals surface area (Å²) in [5, 5.41) is 15.4. The molecule has 1 amide bonds. The SMILES string of the molecule is Cc1cc(NC(=O)CN2CCN(Cc3ccc(C#N)cc3)CC2)no1. The molecule has 0 saturated carbocycles. The zero-order valence-electron chi connectivity index (χ0n) is 14.2. The van der Waals surface area contributed by atoms with Crippen molar-refractivity contribution in [3.63, 3.8) is 0 Å². The maximum absolute atomic E-state index is 12.0. The normalized spacial score (nSPS) is 15.7. The number of anilines is 1. The number of carbonyl (C=O) groups is 1. The molecule has 1 fully saturated rings. The molecule has 3 rings (SSSR count). The van der Waals surface area contributed by atoms with Crippen LogP contribution < -0.4 is 5.32 Å². The smallest absolute Gasteiger partial charge is 0.239 e. The van der Waals surface area contributed by atoms with Gasteiger partial charge in [-0.25, -0.2) is 0 Å². The van der Waals surface area contributed by atoms with Crippen molar-refractivity contribution in [3.8, 4) is 6.07 Å². The Labute approximate surface area is 146 Å². The van der Waals surface area contributed by atoms with Gasteiger partial charge in [0.2, 0.25) is 5.91 Å². The summed E-state index contributed by atoms with van der Waals surface area (Å²) in [5.41, 5.74) is 1.88. The highest BCUT2D eigenvalue weighted by Gasteiger charge is 2.19. The summed E-state index contributed by atoms with van der Waals surface area (Å²) in [4.78, 5) is 16.5. The summed E-state index contributed by atoms with van der Waals surface area (Å²) >= 11 is 0. The van der Waals surface area contributed by atoms with E-state index in [1.54, 1.807) is 13.0 Å². The minimum absolute atomic E-state index is 0.0751. The van der Waals surface area contributed by atoms with Crippen LogP contribution in [0.3, 0.4) is 0 Å². The van der Waals surface area contributed by atoms with Gasteiger partial charge in [-0.2, -0.15) is 5.26 Å². The Hall–Kier alpha value is -2.69. The van der Waals surface area contributed by atoms with E-state index < -0.39 is 0 Å². The van der Waals surface area contributed by atoms with E-state index in [2.05, 4.69) is 26.3 Å². The number of nitrogens with zero attached hydrogens (tertiary/aromatic N) is 4. The van der Waals surface area contributed by atoms with Crippen molar-refractivity contribution in [2.45, 2.75) is 13.5 Å². The van der Waals surface area contributed by atoms with Crippen LogP contribution in [0.1, 0.15) is 16.9 Å². The third-order valence-electron chi connectivity index (χ3n) is 4.22. The van der Waals surface area contributed by atoms with E-state index in [-0.39, 0.29) is 5.91 Å². The summed E-state index contributed by atoms with van der Waals surface area (Å²) in [6.07, 6.45) is 0. The lowest BCUT2D eigenvalue weighted by Gasteiger charge is -2.34. The molecule has 0 atom stereocenters. The zero-order chi connectivity index (χ0) is 17.6. The molecule has 2 heterocycles. The minimum atomic E-state index is -0.0751. The number of nitrogens with one attached hydrogen (secondary N) is 1. The van der Waals surface area contributed by atoms with Crippen LogP contribution in [-0.2, 0) is 11.3 Å². The van der Waals surface area contributed by atoms with Gasteiger partial charge in [0.25, 0.3) is 0 Å². The van der Waals surface area contributed by atoms with E-state index in [1.807, 2.05) is 24.3 Å². The van der Waals surface area contributed by atoms with Crippen molar-refractivity contribution >= 4 is 11.7 Å². The van der Waals surface area contributed by atoms with E-state index in [0.717, 1.165) is 32.7 Å². The van der Waals surface area contributed by atoms with Gasteiger partial charge in [-0.1, -0.05) is 17.3 Å². The summed E-state index contributed by atoms with van der Waals surface area (Å²) in [7, 11) is 0. The van der Waals surface area contributed by atoms with Gasteiger partial charge in [-0.05, 0) is 24.6 Å². The van der Waals surface area contributed by atoms with E-state index in [4.69, 9.17) is 9.78 Å². The van der Waals surface area contributed by atoms with E-state index >= 15 is 0 Å². The first-order valence-corrected chi connectivity index (χ1v) is 8.29. The maximum atomic E-state index is 12.0.